The molecule has 0 atom stereocenters. The van der Waals surface area contributed by atoms with Gasteiger partial charge in [-0.1, -0.05) is 19.1 Å². The van der Waals surface area contributed by atoms with Crippen molar-refractivity contribution in [3.05, 3.63) is 49.2 Å². The monoisotopic (exact) mass is 253 g/mol. The minimum atomic E-state index is 0.930. The first kappa shape index (κ1) is 11.6. The summed E-state index contributed by atoms with van der Waals surface area (Å²) in [5, 5.41) is 12.0. The van der Waals surface area contributed by atoms with Crippen molar-refractivity contribution >= 4 is 0 Å². The highest BCUT2D eigenvalue weighted by Gasteiger charge is 2.06. The molecule has 0 N–H and O–H groups in total. The largest absolute Gasteiger partial charge is 0.288 e. The SMILES string of the molecule is CCCn1nccc1-c1cccc(-n2cnnc2)c1. The van der Waals surface area contributed by atoms with Crippen LogP contribution in [0.3, 0.4) is 0 Å². The van der Waals surface area contributed by atoms with E-state index in [1.807, 2.05) is 33.6 Å². The second-order valence-electron chi connectivity index (χ2n) is 4.36. The number of aryl methyl sites for hydroxylation is 1. The molecular weight excluding hydrogens is 238 g/mol. The van der Waals surface area contributed by atoms with E-state index in [1.54, 1.807) is 12.7 Å². The highest BCUT2D eigenvalue weighted by molar-refractivity contribution is 5.62. The van der Waals surface area contributed by atoms with E-state index >= 15 is 0 Å². The maximum Gasteiger partial charge on any atom is 0.123 e. The van der Waals surface area contributed by atoms with Crippen LogP contribution in [-0.4, -0.2) is 24.5 Å². The van der Waals surface area contributed by atoms with Gasteiger partial charge < -0.3 is 0 Å². The Bertz CT molecular complexity index is 654. The first-order valence-electron chi connectivity index (χ1n) is 6.35. The zero-order valence-electron chi connectivity index (χ0n) is 10.8. The van der Waals surface area contributed by atoms with Crippen molar-refractivity contribution in [1.29, 1.82) is 0 Å². The lowest BCUT2D eigenvalue weighted by Gasteiger charge is -2.08. The van der Waals surface area contributed by atoms with Crippen LogP contribution in [0.5, 0.6) is 0 Å². The summed E-state index contributed by atoms with van der Waals surface area (Å²) < 4.78 is 3.93. The van der Waals surface area contributed by atoms with E-state index < -0.39 is 0 Å². The quantitative estimate of drug-likeness (QED) is 0.718. The van der Waals surface area contributed by atoms with E-state index in [4.69, 9.17) is 0 Å². The number of hydrogen-bond donors (Lipinski definition) is 0. The second kappa shape index (κ2) is 5.06. The van der Waals surface area contributed by atoms with Gasteiger partial charge in [-0.2, -0.15) is 5.10 Å². The third-order valence-corrected chi connectivity index (χ3v) is 3.01. The van der Waals surface area contributed by atoms with Gasteiger partial charge >= 0.3 is 0 Å². The van der Waals surface area contributed by atoms with Gasteiger partial charge in [0.25, 0.3) is 0 Å². The summed E-state index contributed by atoms with van der Waals surface area (Å²) in [7, 11) is 0. The van der Waals surface area contributed by atoms with Crippen LogP contribution in [0.1, 0.15) is 13.3 Å². The summed E-state index contributed by atoms with van der Waals surface area (Å²) in [5.41, 5.74) is 3.33. The predicted octanol–water partition coefficient (Wildman–Crippen LogP) is 2.54. The maximum absolute atomic E-state index is 4.36. The molecule has 5 nitrogen and oxygen atoms in total. The van der Waals surface area contributed by atoms with Gasteiger partial charge in [0.15, 0.2) is 0 Å². The molecule has 0 amide bonds. The average molecular weight is 253 g/mol. The highest BCUT2D eigenvalue weighted by atomic mass is 15.3. The first-order valence-corrected chi connectivity index (χ1v) is 6.35. The zero-order valence-corrected chi connectivity index (χ0v) is 10.8. The van der Waals surface area contributed by atoms with Gasteiger partial charge in [0.05, 0.1) is 5.69 Å². The molecule has 0 aliphatic rings. The molecule has 5 heteroatoms. The third-order valence-electron chi connectivity index (χ3n) is 3.01. The highest BCUT2D eigenvalue weighted by Crippen LogP contribution is 2.21. The van der Waals surface area contributed by atoms with Crippen LogP contribution in [0.25, 0.3) is 16.9 Å². The molecule has 2 heterocycles. The molecule has 2 aromatic heterocycles. The molecule has 3 rings (SSSR count). The summed E-state index contributed by atoms with van der Waals surface area (Å²) in [5.74, 6) is 0. The van der Waals surface area contributed by atoms with Crippen LogP contribution in [0.2, 0.25) is 0 Å². The molecule has 0 aliphatic heterocycles. The smallest absolute Gasteiger partial charge is 0.123 e. The molecule has 0 fully saturated rings. The van der Waals surface area contributed by atoms with Gasteiger partial charge in [0.1, 0.15) is 12.7 Å². The molecule has 0 saturated heterocycles. The molecule has 0 saturated carbocycles. The van der Waals surface area contributed by atoms with Crippen molar-refractivity contribution in [2.24, 2.45) is 0 Å². The lowest BCUT2D eigenvalue weighted by molar-refractivity contribution is 0.609. The van der Waals surface area contributed by atoms with E-state index in [-0.39, 0.29) is 0 Å². The summed E-state index contributed by atoms with van der Waals surface area (Å²) in [6, 6.07) is 10.3. The van der Waals surface area contributed by atoms with Crippen LogP contribution in [0.4, 0.5) is 0 Å². The van der Waals surface area contributed by atoms with Crippen molar-refractivity contribution < 1.29 is 0 Å². The van der Waals surface area contributed by atoms with Crippen LogP contribution in [-0.2, 0) is 6.54 Å². The molecule has 0 unspecified atom stereocenters. The van der Waals surface area contributed by atoms with Gasteiger partial charge in [-0.3, -0.25) is 9.25 Å². The molecule has 96 valence electrons. The lowest BCUT2D eigenvalue weighted by Crippen LogP contribution is -2.01. The Labute approximate surface area is 111 Å². The fourth-order valence-electron chi connectivity index (χ4n) is 2.13. The van der Waals surface area contributed by atoms with E-state index in [1.165, 1.54) is 0 Å². The Morgan fingerprint density at radius 1 is 1.11 bits per heavy atom. The van der Waals surface area contributed by atoms with Crippen molar-refractivity contribution in [2.75, 3.05) is 0 Å². The van der Waals surface area contributed by atoms with Crippen molar-refractivity contribution in [3.63, 3.8) is 0 Å². The number of rotatable bonds is 4. The maximum atomic E-state index is 4.36. The molecule has 0 bridgehead atoms. The van der Waals surface area contributed by atoms with Crippen LogP contribution in [0, 0.1) is 0 Å². The Morgan fingerprint density at radius 2 is 1.95 bits per heavy atom. The van der Waals surface area contributed by atoms with Gasteiger partial charge in [0.2, 0.25) is 0 Å². The second-order valence-corrected chi connectivity index (χ2v) is 4.36. The molecule has 0 radical (unpaired) electrons. The Kier molecular flexibility index (Phi) is 3.10. The van der Waals surface area contributed by atoms with Crippen LogP contribution in [0.15, 0.2) is 49.2 Å². The Morgan fingerprint density at radius 3 is 2.74 bits per heavy atom. The molecular formula is C14H15N5. The Hall–Kier alpha value is -2.43. The topological polar surface area (TPSA) is 48.5 Å². The van der Waals surface area contributed by atoms with E-state index in [0.717, 1.165) is 29.9 Å². The fraction of sp³-hybridized carbons (Fsp3) is 0.214. The summed E-state index contributed by atoms with van der Waals surface area (Å²) in [6.45, 7) is 3.08. The summed E-state index contributed by atoms with van der Waals surface area (Å²) in [4.78, 5) is 0. The van der Waals surface area contributed by atoms with Crippen molar-refractivity contribution in [2.45, 2.75) is 19.9 Å². The van der Waals surface area contributed by atoms with Gasteiger partial charge in [-0.05, 0) is 24.6 Å². The third kappa shape index (κ3) is 2.27. The van der Waals surface area contributed by atoms with Crippen molar-refractivity contribution in [3.8, 4) is 16.9 Å². The summed E-state index contributed by atoms with van der Waals surface area (Å²) >= 11 is 0. The predicted molar refractivity (Wildman–Crippen MR) is 72.9 cm³/mol. The first-order chi connectivity index (χ1) is 9.38. The number of hydrogen-bond acceptors (Lipinski definition) is 3. The normalized spacial score (nSPS) is 10.8. The number of nitrogens with zero attached hydrogens (tertiary/aromatic N) is 5. The molecule has 3 aromatic rings. The number of aromatic nitrogens is 5. The zero-order chi connectivity index (χ0) is 13.1. The summed E-state index contributed by atoms with van der Waals surface area (Å²) in [6.07, 6.45) is 6.31. The van der Waals surface area contributed by atoms with Crippen LogP contribution < -0.4 is 0 Å². The van der Waals surface area contributed by atoms with Gasteiger partial charge in [0, 0.05) is 24.0 Å². The molecule has 0 spiro atoms. The van der Waals surface area contributed by atoms with E-state index in [0.29, 0.717) is 0 Å². The van der Waals surface area contributed by atoms with E-state index in [9.17, 15) is 0 Å². The van der Waals surface area contributed by atoms with Gasteiger partial charge in [-0.25, -0.2) is 0 Å². The minimum Gasteiger partial charge on any atom is -0.288 e. The molecule has 0 aliphatic carbocycles. The van der Waals surface area contributed by atoms with Gasteiger partial charge in [-0.15, -0.1) is 10.2 Å². The molecule has 1 aromatic carbocycles. The average Bonchev–Trinajstić information content (AvgIpc) is 3.10. The van der Waals surface area contributed by atoms with Crippen LogP contribution >= 0.6 is 0 Å². The Balaban J connectivity index is 2.01. The van der Waals surface area contributed by atoms with Crippen molar-refractivity contribution in [1.82, 2.24) is 24.5 Å². The molecule has 19 heavy (non-hydrogen) atoms. The standard InChI is InChI=1S/C14H15N5/c1-2-8-19-14(6-7-17-19)12-4-3-5-13(9-12)18-10-15-16-11-18/h3-7,9-11H,2,8H2,1H3. The lowest BCUT2D eigenvalue weighted by atomic mass is 10.1. The fourth-order valence-corrected chi connectivity index (χ4v) is 2.13. The minimum absolute atomic E-state index is 0.930. The van der Waals surface area contributed by atoms with E-state index in [2.05, 4.69) is 34.4 Å². The number of benzene rings is 1.